The van der Waals surface area contributed by atoms with E-state index in [1.165, 1.54) is 5.56 Å². The van der Waals surface area contributed by atoms with Crippen LogP contribution in [-0.2, 0) is 6.42 Å². The van der Waals surface area contributed by atoms with Crippen molar-refractivity contribution >= 4 is 11.6 Å². The van der Waals surface area contributed by atoms with Crippen molar-refractivity contribution in [1.82, 2.24) is 9.88 Å². The van der Waals surface area contributed by atoms with Crippen molar-refractivity contribution < 1.29 is 4.79 Å². The summed E-state index contributed by atoms with van der Waals surface area (Å²) >= 11 is 0. The Labute approximate surface area is 144 Å². The van der Waals surface area contributed by atoms with E-state index in [1.807, 2.05) is 25.2 Å². The number of aryl methyl sites for hydroxylation is 1. The second kappa shape index (κ2) is 9.71. The first-order valence-electron chi connectivity index (χ1n) is 8.70. The highest BCUT2D eigenvalue weighted by Gasteiger charge is 2.12. The van der Waals surface area contributed by atoms with Crippen LogP contribution in [0.3, 0.4) is 0 Å². The minimum atomic E-state index is -0.0172. The van der Waals surface area contributed by atoms with Crippen LogP contribution in [0.25, 0.3) is 0 Å². The Morgan fingerprint density at radius 1 is 1.17 bits per heavy atom. The first kappa shape index (κ1) is 18.0. The molecule has 4 nitrogen and oxygen atoms in total. The first-order valence-corrected chi connectivity index (χ1v) is 8.70. The van der Waals surface area contributed by atoms with Gasteiger partial charge >= 0.3 is 0 Å². The third-order valence-corrected chi connectivity index (χ3v) is 3.99. The van der Waals surface area contributed by atoms with Gasteiger partial charge in [0.05, 0.1) is 0 Å². The number of nitrogens with zero attached hydrogens (tertiary/aromatic N) is 2. The predicted molar refractivity (Wildman–Crippen MR) is 99.4 cm³/mol. The lowest BCUT2D eigenvalue weighted by Crippen LogP contribution is -2.28. The average molecular weight is 325 g/mol. The summed E-state index contributed by atoms with van der Waals surface area (Å²) in [4.78, 5) is 18.3. The van der Waals surface area contributed by atoms with Crippen molar-refractivity contribution in [2.75, 3.05) is 25.5 Å². The number of hydrogen-bond acceptors (Lipinski definition) is 3. The molecule has 0 saturated carbocycles. The summed E-state index contributed by atoms with van der Waals surface area (Å²) in [6, 6.07) is 14.2. The lowest BCUT2D eigenvalue weighted by Gasteiger charge is -2.16. The van der Waals surface area contributed by atoms with E-state index in [9.17, 15) is 4.79 Å². The number of hydrogen-bond donors (Lipinski definition) is 1. The maximum atomic E-state index is 12.4. The Kier molecular flexibility index (Phi) is 7.27. The average Bonchev–Trinajstić information content (AvgIpc) is 2.63. The fraction of sp³-hybridized carbons (Fsp3) is 0.400. The van der Waals surface area contributed by atoms with E-state index in [4.69, 9.17) is 0 Å². The normalized spacial score (nSPS) is 10.4. The molecule has 128 valence electrons. The van der Waals surface area contributed by atoms with Crippen molar-refractivity contribution in [1.29, 1.82) is 0 Å². The van der Waals surface area contributed by atoms with Gasteiger partial charge in [-0.15, -0.1) is 0 Å². The van der Waals surface area contributed by atoms with Crippen molar-refractivity contribution in [3.05, 3.63) is 59.9 Å². The van der Waals surface area contributed by atoms with Gasteiger partial charge in [-0.05, 0) is 37.0 Å². The van der Waals surface area contributed by atoms with E-state index in [0.717, 1.165) is 44.5 Å². The first-order chi connectivity index (χ1) is 11.7. The van der Waals surface area contributed by atoms with Gasteiger partial charge in [0, 0.05) is 32.0 Å². The highest BCUT2D eigenvalue weighted by Crippen LogP contribution is 2.11. The highest BCUT2D eigenvalue weighted by atomic mass is 16.2. The molecule has 0 aliphatic carbocycles. The molecule has 0 fully saturated rings. The van der Waals surface area contributed by atoms with E-state index in [-0.39, 0.29) is 5.91 Å². The Bertz CT molecular complexity index is 628. The Morgan fingerprint density at radius 2 is 1.96 bits per heavy atom. The van der Waals surface area contributed by atoms with Crippen LogP contribution in [0.1, 0.15) is 42.2 Å². The zero-order chi connectivity index (χ0) is 17.2. The molecule has 24 heavy (non-hydrogen) atoms. The molecule has 0 bridgehead atoms. The van der Waals surface area contributed by atoms with Gasteiger partial charge in [0.1, 0.15) is 5.69 Å². The second-order valence-corrected chi connectivity index (χ2v) is 6.03. The lowest BCUT2D eigenvalue weighted by molar-refractivity contribution is 0.0787. The summed E-state index contributed by atoms with van der Waals surface area (Å²) < 4.78 is 0. The molecule has 2 rings (SSSR count). The van der Waals surface area contributed by atoms with Gasteiger partial charge < -0.3 is 10.2 Å². The highest BCUT2D eigenvalue weighted by molar-refractivity contribution is 5.92. The standard InChI is InChI=1S/C20H27N3O/c1-3-4-15-23(2)20(24)19-16-18(12-14-22-19)21-13-8-11-17-9-6-5-7-10-17/h5-7,9-10,12,14,16H,3-4,8,11,13,15H2,1-2H3,(H,21,22). The number of rotatable bonds is 9. The topological polar surface area (TPSA) is 45.2 Å². The van der Waals surface area contributed by atoms with E-state index in [1.54, 1.807) is 11.1 Å². The van der Waals surface area contributed by atoms with Crippen LogP contribution in [0.5, 0.6) is 0 Å². The van der Waals surface area contributed by atoms with Crippen molar-refractivity contribution in [2.45, 2.75) is 32.6 Å². The lowest BCUT2D eigenvalue weighted by atomic mass is 10.1. The van der Waals surface area contributed by atoms with Gasteiger partial charge in [0.25, 0.3) is 5.91 Å². The Balaban J connectivity index is 1.82. The quantitative estimate of drug-likeness (QED) is 0.709. The predicted octanol–water partition coefficient (Wildman–Crippen LogP) is 4.00. The van der Waals surface area contributed by atoms with Crippen LogP contribution in [0.15, 0.2) is 48.7 Å². The number of carbonyl (C=O) groups excluding carboxylic acids is 1. The minimum absolute atomic E-state index is 0.0172. The van der Waals surface area contributed by atoms with Crippen molar-refractivity contribution in [3.8, 4) is 0 Å². The number of pyridine rings is 1. The van der Waals surface area contributed by atoms with Crippen LogP contribution in [0.4, 0.5) is 5.69 Å². The van der Waals surface area contributed by atoms with E-state index < -0.39 is 0 Å². The molecule has 1 aromatic carbocycles. The molecule has 1 amide bonds. The fourth-order valence-electron chi connectivity index (χ4n) is 2.52. The third kappa shape index (κ3) is 5.69. The van der Waals surface area contributed by atoms with Gasteiger partial charge in [-0.2, -0.15) is 0 Å². The number of nitrogens with one attached hydrogen (secondary N) is 1. The largest absolute Gasteiger partial charge is 0.385 e. The smallest absolute Gasteiger partial charge is 0.272 e. The number of carbonyl (C=O) groups is 1. The molecular weight excluding hydrogens is 298 g/mol. The maximum Gasteiger partial charge on any atom is 0.272 e. The van der Waals surface area contributed by atoms with Crippen molar-refractivity contribution in [3.63, 3.8) is 0 Å². The van der Waals surface area contributed by atoms with Gasteiger partial charge in [0.2, 0.25) is 0 Å². The summed E-state index contributed by atoms with van der Waals surface area (Å²) in [6.07, 6.45) is 5.88. The number of amides is 1. The molecule has 2 aromatic rings. The molecular formula is C20H27N3O. The molecule has 0 saturated heterocycles. The van der Waals surface area contributed by atoms with E-state index in [2.05, 4.69) is 41.5 Å². The molecule has 1 heterocycles. The maximum absolute atomic E-state index is 12.4. The summed E-state index contributed by atoms with van der Waals surface area (Å²) in [5.74, 6) is -0.0172. The van der Waals surface area contributed by atoms with Crippen LogP contribution in [0, 0.1) is 0 Å². The number of unbranched alkanes of at least 4 members (excludes halogenated alkanes) is 1. The Hall–Kier alpha value is -2.36. The molecule has 1 N–H and O–H groups in total. The summed E-state index contributed by atoms with van der Waals surface area (Å²) in [6.45, 7) is 3.76. The van der Waals surface area contributed by atoms with Crippen molar-refractivity contribution in [2.24, 2.45) is 0 Å². The van der Waals surface area contributed by atoms with E-state index in [0.29, 0.717) is 5.69 Å². The molecule has 0 unspecified atom stereocenters. The molecule has 0 spiro atoms. The molecule has 0 atom stereocenters. The van der Waals surface area contributed by atoms with Gasteiger partial charge in [0.15, 0.2) is 0 Å². The monoisotopic (exact) mass is 325 g/mol. The number of aromatic nitrogens is 1. The van der Waals surface area contributed by atoms with Gasteiger partial charge in [-0.1, -0.05) is 43.7 Å². The zero-order valence-electron chi connectivity index (χ0n) is 14.7. The van der Waals surface area contributed by atoms with Crippen LogP contribution in [0.2, 0.25) is 0 Å². The summed E-state index contributed by atoms with van der Waals surface area (Å²) in [5.41, 5.74) is 2.80. The van der Waals surface area contributed by atoms with Crippen LogP contribution >= 0.6 is 0 Å². The molecule has 0 aliphatic heterocycles. The molecule has 0 radical (unpaired) electrons. The summed E-state index contributed by atoms with van der Waals surface area (Å²) in [5, 5.41) is 3.38. The fourth-order valence-corrected chi connectivity index (χ4v) is 2.52. The van der Waals surface area contributed by atoms with Crippen LogP contribution in [-0.4, -0.2) is 35.9 Å². The van der Waals surface area contributed by atoms with Gasteiger partial charge in [-0.3, -0.25) is 9.78 Å². The van der Waals surface area contributed by atoms with Gasteiger partial charge in [-0.25, -0.2) is 0 Å². The Morgan fingerprint density at radius 3 is 2.71 bits per heavy atom. The number of anilines is 1. The molecule has 4 heteroatoms. The number of benzene rings is 1. The molecule has 0 aliphatic rings. The SMILES string of the molecule is CCCCN(C)C(=O)c1cc(NCCCc2ccccc2)ccn1. The van der Waals surface area contributed by atoms with E-state index >= 15 is 0 Å². The molecule has 1 aromatic heterocycles. The van der Waals surface area contributed by atoms with Crippen LogP contribution < -0.4 is 5.32 Å². The summed E-state index contributed by atoms with van der Waals surface area (Å²) in [7, 11) is 1.83. The minimum Gasteiger partial charge on any atom is -0.385 e. The second-order valence-electron chi connectivity index (χ2n) is 6.03. The third-order valence-electron chi connectivity index (χ3n) is 3.99. The zero-order valence-corrected chi connectivity index (χ0v) is 14.7.